The van der Waals surface area contributed by atoms with Crippen molar-refractivity contribution in [3.05, 3.63) is 63.2 Å². The number of aromatic nitrogens is 2. The molecule has 2 aromatic heterocycles. The van der Waals surface area contributed by atoms with E-state index in [9.17, 15) is 4.79 Å². The Morgan fingerprint density at radius 1 is 1.10 bits per heavy atom. The summed E-state index contributed by atoms with van der Waals surface area (Å²) in [6.45, 7) is 11.7. The monoisotopic (exact) mass is 531 g/mol. The number of aryl methyl sites for hydroxylation is 3. The predicted molar refractivity (Wildman–Crippen MR) is 161 cm³/mol. The van der Waals surface area contributed by atoms with Crippen molar-refractivity contribution in [3.8, 4) is 0 Å². The van der Waals surface area contributed by atoms with E-state index in [0.717, 1.165) is 73.0 Å². The molecule has 2 saturated heterocycles. The molecule has 2 fully saturated rings. The van der Waals surface area contributed by atoms with Gasteiger partial charge >= 0.3 is 0 Å². The van der Waals surface area contributed by atoms with Crippen LogP contribution >= 0.6 is 0 Å². The molecule has 0 unspecified atom stereocenters. The first-order valence-corrected chi connectivity index (χ1v) is 14.8. The molecule has 7 heteroatoms. The average molecular weight is 532 g/mol. The summed E-state index contributed by atoms with van der Waals surface area (Å²) < 4.78 is 5.70. The molecule has 4 heterocycles. The SMILES string of the molecule is CCN(c1cc(CCC2CCN(C)CC2)cc2c(NCc3c(C)cc(C)[nH]c3=O)nccc12)C1CCOCC1. The van der Waals surface area contributed by atoms with Crippen molar-refractivity contribution >= 4 is 22.3 Å². The van der Waals surface area contributed by atoms with Crippen molar-refractivity contribution in [2.75, 3.05) is 50.1 Å². The van der Waals surface area contributed by atoms with Gasteiger partial charge in [-0.05, 0) is 121 Å². The number of nitrogens with one attached hydrogen (secondary N) is 2. The van der Waals surface area contributed by atoms with E-state index in [-0.39, 0.29) is 5.56 Å². The summed E-state index contributed by atoms with van der Waals surface area (Å²) in [5.74, 6) is 1.64. The van der Waals surface area contributed by atoms with E-state index in [4.69, 9.17) is 9.72 Å². The van der Waals surface area contributed by atoms with Crippen LogP contribution < -0.4 is 15.8 Å². The molecule has 2 aliphatic heterocycles. The fourth-order valence-corrected chi connectivity index (χ4v) is 6.46. The molecule has 0 atom stereocenters. The van der Waals surface area contributed by atoms with Crippen molar-refractivity contribution in [1.29, 1.82) is 0 Å². The molecule has 2 aliphatic rings. The molecule has 0 aliphatic carbocycles. The van der Waals surface area contributed by atoms with E-state index in [0.29, 0.717) is 12.6 Å². The molecule has 0 bridgehead atoms. The van der Waals surface area contributed by atoms with Gasteiger partial charge in [0.25, 0.3) is 5.56 Å². The highest BCUT2D eigenvalue weighted by atomic mass is 16.5. The number of ether oxygens (including phenoxy) is 1. The molecule has 210 valence electrons. The zero-order chi connectivity index (χ0) is 27.4. The van der Waals surface area contributed by atoms with Crippen LogP contribution in [0.4, 0.5) is 11.5 Å². The molecule has 5 rings (SSSR count). The van der Waals surface area contributed by atoms with Crippen LogP contribution in [-0.2, 0) is 17.7 Å². The van der Waals surface area contributed by atoms with Gasteiger partial charge in [0.2, 0.25) is 0 Å². The number of nitrogens with zero attached hydrogens (tertiary/aromatic N) is 3. The first-order chi connectivity index (χ1) is 18.9. The maximum atomic E-state index is 12.7. The lowest BCUT2D eigenvalue weighted by Crippen LogP contribution is -2.39. The second-order valence-corrected chi connectivity index (χ2v) is 11.6. The second-order valence-electron chi connectivity index (χ2n) is 11.6. The molecule has 7 nitrogen and oxygen atoms in total. The van der Waals surface area contributed by atoms with Crippen molar-refractivity contribution in [2.45, 2.75) is 71.9 Å². The Hall–Kier alpha value is -2.90. The third-order valence-corrected chi connectivity index (χ3v) is 8.81. The van der Waals surface area contributed by atoms with Crippen LogP contribution in [0, 0.1) is 19.8 Å². The molecule has 1 aromatic carbocycles. The summed E-state index contributed by atoms with van der Waals surface area (Å²) >= 11 is 0. The van der Waals surface area contributed by atoms with Gasteiger partial charge in [-0.25, -0.2) is 4.98 Å². The summed E-state index contributed by atoms with van der Waals surface area (Å²) in [5.41, 5.74) is 5.29. The minimum Gasteiger partial charge on any atom is -0.381 e. The van der Waals surface area contributed by atoms with Crippen LogP contribution in [0.25, 0.3) is 10.8 Å². The number of anilines is 2. The van der Waals surface area contributed by atoms with Crippen molar-refractivity contribution < 1.29 is 4.74 Å². The molecule has 0 amide bonds. The average Bonchev–Trinajstić information content (AvgIpc) is 2.93. The van der Waals surface area contributed by atoms with Crippen LogP contribution in [-0.4, -0.2) is 60.8 Å². The first kappa shape index (κ1) is 27.7. The fourth-order valence-electron chi connectivity index (χ4n) is 6.46. The Morgan fingerprint density at radius 3 is 2.59 bits per heavy atom. The maximum absolute atomic E-state index is 12.7. The number of piperidine rings is 1. The molecular formula is C32H45N5O2. The Labute approximate surface area is 233 Å². The lowest BCUT2D eigenvalue weighted by Gasteiger charge is -2.36. The summed E-state index contributed by atoms with van der Waals surface area (Å²) in [5, 5.41) is 5.89. The molecule has 2 N–H and O–H groups in total. The van der Waals surface area contributed by atoms with E-state index >= 15 is 0 Å². The van der Waals surface area contributed by atoms with Gasteiger partial charge in [0.15, 0.2) is 0 Å². The quantitative estimate of drug-likeness (QED) is 0.384. The highest BCUT2D eigenvalue weighted by molar-refractivity contribution is 6.01. The van der Waals surface area contributed by atoms with Gasteiger partial charge in [0.05, 0.1) is 0 Å². The van der Waals surface area contributed by atoms with Crippen LogP contribution in [0.5, 0.6) is 0 Å². The number of pyridine rings is 2. The second kappa shape index (κ2) is 12.5. The minimum atomic E-state index is -0.0311. The summed E-state index contributed by atoms with van der Waals surface area (Å²) in [6.07, 6.45) is 8.90. The van der Waals surface area contributed by atoms with E-state index < -0.39 is 0 Å². The van der Waals surface area contributed by atoms with Gasteiger partial charge in [-0.15, -0.1) is 0 Å². The molecule has 39 heavy (non-hydrogen) atoms. The van der Waals surface area contributed by atoms with E-state index in [2.05, 4.69) is 52.3 Å². The van der Waals surface area contributed by atoms with E-state index in [1.165, 1.54) is 49.0 Å². The Bertz CT molecular complexity index is 1320. The summed E-state index contributed by atoms with van der Waals surface area (Å²) in [6, 6.07) is 9.44. The van der Waals surface area contributed by atoms with Crippen LogP contribution in [0.3, 0.4) is 0 Å². The third-order valence-electron chi connectivity index (χ3n) is 8.81. The first-order valence-electron chi connectivity index (χ1n) is 14.8. The third kappa shape index (κ3) is 6.47. The molecule has 0 spiro atoms. The van der Waals surface area contributed by atoms with Crippen molar-refractivity contribution in [3.63, 3.8) is 0 Å². The largest absolute Gasteiger partial charge is 0.381 e. The zero-order valence-corrected chi connectivity index (χ0v) is 24.2. The lowest BCUT2D eigenvalue weighted by molar-refractivity contribution is 0.0847. The van der Waals surface area contributed by atoms with Gasteiger partial charge in [0, 0.05) is 66.3 Å². The number of aromatic amines is 1. The van der Waals surface area contributed by atoms with E-state index in [1.54, 1.807) is 0 Å². The number of benzene rings is 1. The smallest absolute Gasteiger partial charge is 0.253 e. The van der Waals surface area contributed by atoms with Gasteiger partial charge in [-0.2, -0.15) is 0 Å². The predicted octanol–water partition coefficient (Wildman–Crippen LogP) is 5.43. The molecular weight excluding hydrogens is 486 g/mol. The molecule has 0 saturated carbocycles. The normalized spacial score (nSPS) is 17.5. The number of H-pyrrole nitrogens is 1. The molecule has 3 aromatic rings. The van der Waals surface area contributed by atoms with Crippen LogP contribution in [0.1, 0.15) is 61.4 Å². The van der Waals surface area contributed by atoms with Gasteiger partial charge in [0.1, 0.15) is 5.82 Å². The van der Waals surface area contributed by atoms with Crippen LogP contribution in [0.15, 0.2) is 35.3 Å². The topological polar surface area (TPSA) is 73.5 Å². The lowest BCUT2D eigenvalue weighted by atomic mass is 9.90. The highest BCUT2D eigenvalue weighted by Gasteiger charge is 2.24. The minimum absolute atomic E-state index is 0.0311. The van der Waals surface area contributed by atoms with Gasteiger partial charge in [-0.3, -0.25) is 4.79 Å². The number of rotatable bonds is 9. The van der Waals surface area contributed by atoms with Gasteiger partial charge in [-0.1, -0.05) is 0 Å². The summed E-state index contributed by atoms with van der Waals surface area (Å²) in [7, 11) is 2.23. The molecule has 0 radical (unpaired) electrons. The Balaban J connectivity index is 1.49. The van der Waals surface area contributed by atoms with Crippen LogP contribution in [0.2, 0.25) is 0 Å². The Morgan fingerprint density at radius 2 is 1.87 bits per heavy atom. The van der Waals surface area contributed by atoms with Crippen molar-refractivity contribution in [1.82, 2.24) is 14.9 Å². The fraction of sp³-hybridized carbons (Fsp3) is 0.562. The number of hydrogen-bond donors (Lipinski definition) is 2. The van der Waals surface area contributed by atoms with Crippen molar-refractivity contribution in [2.24, 2.45) is 5.92 Å². The maximum Gasteiger partial charge on any atom is 0.253 e. The highest BCUT2D eigenvalue weighted by Crippen LogP contribution is 2.36. The number of likely N-dealkylation sites (tertiary alicyclic amines) is 1. The zero-order valence-electron chi connectivity index (χ0n) is 24.2. The summed E-state index contributed by atoms with van der Waals surface area (Å²) in [4.78, 5) is 25.4. The van der Waals surface area contributed by atoms with E-state index in [1.807, 2.05) is 26.1 Å². The van der Waals surface area contributed by atoms with Gasteiger partial charge < -0.3 is 24.8 Å². The Kier molecular flexibility index (Phi) is 8.88. The number of hydrogen-bond acceptors (Lipinski definition) is 6. The number of fused-ring (bicyclic) bond motifs is 1. The standard InChI is InChI=1S/C32H45N5O2/c1-5-37(26-11-16-39-17-12-26)30-20-25(7-6-24-9-14-36(4)15-10-24)19-28-27(30)8-13-33-31(28)34-21-29-22(2)18-23(3)35-32(29)38/h8,13,18-20,24,26H,5-7,9-12,14-17,21H2,1-4H3,(H,33,34)(H,35,38).